The van der Waals surface area contributed by atoms with Crippen molar-refractivity contribution in [3.8, 4) is 12.1 Å². The first kappa shape index (κ1) is 13.7. The minimum absolute atomic E-state index is 0.446. The molecule has 5 heteroatoms. The topological polar surface area (TPSA) is 72.3 Å². The highest BCUT2D eigenvalue weighted by Gasteiger charge is 2.03. The zero-order chi connectivity index (χ0) is 14.4. The Kier molecular flexibility index (Phi) is 4.42. The van der Waals surface area contributed by atoms with E-state index in [9.17, 15) is 0 Å². The highest BCUT2D eigenvalue weighted by molar-refractivity contribution is 9.10. The summed E-state index contributed by atoms with van der Waals surface area (Å²) in [5.41, 5.74) is 2.14. The molecule has 20 heavy (non-hydrogen) atoms. The van der Waals surface area contributed by atoms with E-state index in [2.05, 4.69) is 38.0 Å². The van der Waals surface area contributed by atoms with E-state index in [-0.39, 0.29) is 0 Å². The Morgan fingerprint density at radius 3 is 2.30 bits per heavy atom. The van der Waals surface area contributed by atoms with Gasteiger partial charge in [-0.3, -0.25) is 0 Å². The van der Waals surface area contributed by atoms with Crippen LogP contribution in [0.25, 0.3) is 0 Å². The second-order valence-corrected chi connectivity index (χ2v) is 4.58. The summed E-state index contributed by atoms with van der Waals surface area (Å²) in [5.74, 6) is 0. The SMILES string of the molecule is N#Cc1ccc(N=C=Nc2c(Br)cccc2C#N)cc1. The average Bonchev–Trinajstić information content (AvgIpc) is 2.49. The molecule has 0 atom stereocenters. The molecule has 0 heterocycles. The van der Waals surface area contributed by atoms with Gasteiger partial charge in [-0.1, -0.05) is 6.07 Å². The van der Waals surface area contributed by atoms with E-state index in [1.165, 1.54) is 0 Å². The monoisotopic (exact) mass is 322 g/mol. The molecule has 0 spiro atoms. The first-order valence-electron chi connectivity index (χ1n) is 5.60. The lowest BCUT2D eigenvalue weighted by atomic mass is 10.2. The highest BCUT2D eigenvalue weighted by Crippen LogP contribution is 2.28. The second kappa shape index (κ2) is 6.45. The minimum atomic E-state index is 0.446. The Hall–Kier alpha value is -2.72. The summed E-state index contributed by atoms with van der Waals surface area (Å²) in [6.07, 6.45) is 0. The summed E-state index contributed by atoms with van der Waals surface area (Å²) in [6.45, 7) is 0. The van der Waals surface area contributed by atoms with Gasteiger partial charge in [0.2, 0.25) is 0 Å². The molecule has 0 aliphatic rings. The summed E-state index contributed by atoms with van der Waals surface area (Å²) < 4.78 is 0.707. The Labute approximate surface area is 124 Å². The standard InChI is InChI=1S/C15H7BrN4/c16-14-3-1-2-12(9-18)15(14)20-10-19-13-6-4-11(8-17)5-7-13/h1-7H. The number of benzene rings is 2. The lowest BCUT2D eigenvalue weighted by Crippen LogP contribution is -1.77. The Morgan fingerprint density at radius 1 is 0.900 bits per heavy atom. The van der Waals surface area contributed by atoms with Gasteiger partial charge in [0.05, 0.1) is 22.9 Å². The van der Waals surface area contributed by atoms with Crippen LogP contribution in [0, 0.1) is 22.7 Å². The average molecular weight is 323 g/mol. The van der Waals surface area contributed by atoms with Gasteiger partial charge in [-0.25, -0.2) is 0 Å². The number of rotatable bonds is 2. The molecule has 0 aliphatic carbocycles. The molecule has 0 unspecified atom stereocenters. The number of nitriles is 2. The summed E-state index contributed by atoms with van der Waals surface area (Å²) in [5, 5.41) is 17.7. The molecule has 0 saturated carbocycles. The summed E-state index contributed by atoms with van der Waals surface area (Å²) in [6, 6.07) is 18.6. The van der Waals surface area contributed by atoms with E-state index in [0.29, 0.717) is 27.0 Å². The van der Waals surface area contributed by atoms with Gasteiger partial charge in [0.25, 0.3) is 0 Å². The van der Waals surface area contributed by atoms with E-state index < -0.39 is 0 Å². The molecule has 0 radical (unpaired) electrons. The van der Waals surface area contributed by atoms with Gasteiger partial charge in [-0.15, -0.1) is 0 Å². The molecular weight excluding hydrogens is 316 g/mol. The molecule has 0 amide bonds. The Morgan fingerprint density at radius 2 is 1.65 bits per heavy atom. The molecule has 94 valence electrons. The van der Waals surface area contributed by atoms with Crippen molar-refractivity contribution in [1.29, 1.82) is 10.5 Å². The maximum Gasteiger partial charge on any atom is 0.107 e. The number of halogens is 1. The number of hydrogen-bond donors (Lipinski definition) is 0. The predicted molar refractivity (Wildman–Crippen MR) is 79.2 cm³/mol. The maximum atomic E-state index is 9.00. The molecule has 0 N–H and O–H groups in total. The van der Waals surface area contributed by atoms with Gasteiger partial charge >= 0.3 is 0 Å². The Bertz CT molecular complexity index is 773. The van der Waals surface area contributed by atoms with Crippen LogP contribution in [0.5, 0.6) is 0 Å². The lowest BCUT2D eigenvalue weighted by Gasteiger charge is -1.97. The number of para-hydroxylation sites is 1. The molecule has 2 aromatic rings. The van der Waals surface area contributed by atoms with Crippen molar-refractivity contribution >= 4 is 33.3 Å². The van der Waals surface area contributed by atoms with Gasteiger partial charge in [-0.05, 0) is 52.3 Å². The minimum Gasteiger partial charge on any atom is -0.192 e. The van der Waals surface area contributed by atoms with E-state index in [4.69, 9.17) is 10.5 Å². The van der Waals surface area contributed by atoms with Gasteiger partial charge in [0.1, 0.15) is 17.8 Å². The third kappa shape index (κ3) is 3.18. The number of nitrogens with zero attached hydrogens (tertiary/aromatic N) is 4. The molecule has 4 nitrogen and oxygen atoms in total. The second-order valence-electron chi connectivity index (χ2n) is 3.73. The van der Waals surface area contributed by atoms with Gasteiger partial charge < -0.3 is 0 Å². The van der Waals surface area contributed by atoms with Crippen LogP contribution in [0.1, 0.15) is 11.1 Å². The lowest BCUT2D eigenvalue weighted by molar-refractivity contribution is 1.42. The first-order chi connectivity index (χ1) is 9.74. The number of hydrogen-bond acceptors (Lipinski definition) is 4. The zero-order valence-corrected chi connectivity index (χ0v) is 11.8. The number of aliphatic imine (C=N–C) groups is 2. The fraction of sp³-hybridized carbons (Fsp3) is 0. The van der Waals surface area contributed by atoms with E-state index >= 15 is 0 Å². The van der Waals surface area contributed by atoms with Crippen molar-refractivity contribution in [2.45, 2.75) is 0 Å². The van der Waals surface area contributed by atoms with Crippen molar-refractivity contribution < 1.29 is 0 Å². The maximum absolute atomic E-state index is 9.00. The van der Waals surface area contributed by atoms with Crippen molar-refractivity contribution in [1.82, 2.24) is 0 Å². The molecule has 2 rings (SSSR count). The van der Waals surface area contributed by atoms with Crippen LogP contribution < -0.4 is 0 Å². The van der Waals surface area contributed by atoms with Gasteiger partial charge in [0.15, 0.2) is 0 Å². The summed E-state index contributed by atoms with van der Waals surface area (Å²) >= 11 is 3.33. The molecule has 0 bridgehead atoms. The third-order valence-electron chi connectivity index (χ3n) is 2.44. The fourth-order valence-corrected chi connectivity index (χ4v) is 1.92. The van der Waals surface area contributed by atoms with Crippen LogP contribution in [0.4, 0.5) is 11.4 Å². The van der Waals surface area contributed by atoms with Crippen LogP contribution in [-0.4, -0.2) is 6.01 Å². The Balaban J connectivity index is 2.32. The third-order valence-corrected chi connectivity index (χ3v) is 3.08. The zero-order valence-electron chi connectivity index (χ0n) is 10.2. The van der Waals surface area contributed by atoms with Crippen LogP contribution >= 0.6 is 15.9 Å². The normalized spacial score (nSPS) is 8.95. The van der Waals surface area contributed by atoms with Crippen LogP contribution in [0.3, 0.4) is 0 Å². The smallest absolute Gasteiger partial charge is 0.107 e. The van der Waals surface area contributed by atoms with Crippen molar-refractivity contribution in [2.75, 3.05) is 0 Å². The van der Waals surface area contributed by atoms with Crippen LogP contribution in [-0.2, 0) is 0 Å². The van der Waals surface area contributed by atoms with E-state index in [1.54, 1.807) is 42.5 Å². The molecule has 0 aliphatic heterocycles. The summed E-state index contributed by atoms with van der Waals surface area (Å²) in [7, 11) is 0. The van der Waals surface area contributed by atoms with E-state index in [0.717, 1.165) is 0 Å². The van der Waals surface area contributed by atoms with Crippen LogP contribution in [0.2, 0.25) is 0 Å². The fourth-order valence-electron chi connectivity index (χ4n) is 1.46. The van der Waals surface area contributed by atoms with E-state index in [1.807, 2.05) is 6.07 Å². The molecule has 2 aromatic carbocycles. The first-order valence-corrected chi connectivity index (χ1v) is 6.39. The molecule has 0 fully saturated rings. The molecular formula is C15H7BrN4. The summed E-state index contributed by atoms with van der Waals surface area (Å²) in [4.78, 5) is 8.10. The quantitative estimate of drug-likeness (QED) is 0.772. The molecule has 0 aromatic heterocycles. The highest BCUT2D eigenvalue weighted by atomic mass is 79.9. The van der Waals surface area contributed by atoms with Crippen molar-refractivity contribution in [2.24, 2.45) is 9.98 Å². The molecule has 0 saturated heterocycles. The largest absolute Gasteiger partial charge is 0.192 e. The van der Waals surface area contributed by atoms with Crippen LogP contribution in [0.15, 0.2) is 56.9 Å². The van der Waals surface area contributed by atoms with Crippen molar-refractivity contribution in [3.05, 3.63) is 58.1 Å². The van der Waals surface area contributed by atoms with Crippen molar-refractivity contribution in [3.63, 3.8) is 0 Å². The predicted octanol–water partition coefficient (Wildman–Crippen LogP) is 4.33. The van der Waals surface area contributed by atoms with Gasteiger partial charge in [-0.2, -0.15) is 20.5 Å². The van der Waals surface area contributed by atoms with Gasteiger partial charge in [0, 0.05) is 4.47 Å².